The maximum Gasteiger partial charge on any atom is 0.295 e. The molecule has 1 saturated heterocycles. The number of benzene rings is 2. The summed E-state index contributed by atoms with van der Waals surface area (Å²) >= 11 is 0. The first-order valence-corrected chi connectivity index (χ1v) is 18.0. The van der Waals surface area contributed by atoms with Crippen molar-refractivity contribution in [1.29, 1.82) is 0 Å². The Hall–Kier alpha value is -4.93. The van der Waals surface area contributed by atoms with Gasteiger partial charge >= 0.3 is 0 Å². The number of nitrogens with two attached hydrogens (primary N) is 1. The predicted molar refractivity (Wildman–Crippen MR) is 188 cm³/mol. The Morgan fingerprint density at radius 3 is 2.16 bits per heavy atom. The van der Waals surface area contributed by atoms with E-state index in [1.54, 1.807) is 20.1 Å². The lowest BCUT2D eigenvalue weighted by Gasteiger charge is -2.27. The minimum absolute atomic E-state index is 0.0184. The van der Waals surface area contributed by atoms with Crippen LogP contribution in [0.15, 0.2) is 56.2 Å². The van der Waals surface area contributed by atoms with Crippen LogP contribution in [-0.4, -0.2) is 117 Å². The van der Waals surface area contributed by atoms with Crippen molar-refractivity contribution >= 4 is 73.5 Å². The van der Waals surface area contributed by atoms with Gasteiger partial charge in [0, 0.05) is 45.2 Å². The number of nitrogen functional groups attached to an aromatic ring is 1. The highest BCUT2D eigenvalue weighted by Crippen LogP contribution is 2.27. The lowest BCUT2D eigenvalue weighted by atomic mass is 10.1. The van der Waals surface area contributed by atoms with E-state index >= 15 is 0 Å². The Kier molecular flexibility index (Phi) is 11.1. The fraction of sp³-hybridized carbons (Fsp3) is 0.345. The molecule has 1 aromatic heterocycles. The van der Waals surface area contributed by atoms with Gasteiger partial charge in [0.25, 0.3) is 20.2 Å². The number of anilines is 5. The second kappa shape index (κ2) is 15.3. The van der Waals surface area contributed by atoms with Crippen LogP contribution < -0.4 is 26.6 Å². The number of methoxy groups -OCH3 is 1. The zero-order chi connectivity index (χ0) is 36.1. The van der Waals surface area contributed by atoms with Gasteiger partial charge in [0.1, 0.15) is 16.0 Å². The standard InChI is InChI=1S/C29H37N11O8S2/c1-18-31-26(37-28(32-18)39(2)10-13-47-3)33-21-8-6-19(23(16-21)49(41,42)43)4-5-20-7-9-22(17-24(20)50(44,45)46)34-27-35-25(30)36-29(38-27)40-11-14-48-15-12-40/h4-9,16-18H,10-15H2,1-3H3,(H,41,42,43)(H,44,45,46)(H2,31,32,33,37)(H3,30,34,35,36,38)/b5-4+. The number of aromatic nitrogens is 3. The van der Waals surface area contributed by atoms with Crippen molar-refractivity contribution in [3.63, 3.8) is 0 Å². The molecule has 0 radical (unpaired) electrons. The first-order chi connectivity index (χ1) is 23.7. The maximum atomic E-state index is 12.4. The van der Waals surface area contributed by atoms with Crippen molar-refractivity contribution in [2.45, 2.75) is 22.9 Å². The number of nitrogens with zero attached hydrogens (tertiary/aromatic N) is 7. The maximum absolute atomic E-state index is 12.4. The van der Waals surface area contributed by atoms with Gasteiger partial charge < -0.3 is 35.6 Å². The minimum Gasteiger partial charge on any atom is -0.383 e. The number of rotatable bonds is 11. The van der Waals surface area contributed by atoms with Crippen LogP contribution in [0.4, 0.5) is 29.2 Å². The summed E-state index contributed by atoms with van der Waals surface area (Å²) in [5.41, 5.74) is 6.42. The molecular weight excluding hydrogens is 695 g/mol. The Morgan fingerprint density at radius 2 is 1.58 bits per heavy atom. The summed E-state index contributed by atoms with van der Waals surface area (Å²) in [6.45, 7) is 4.88. The lowest BCUT2D eigenvalue weighted by molar-refractivity contribution is 0.122. The van der Waals surface area contributed by atoms with Crippen LogP contribution >= 0.6 is 0 Å². The number of hydrogen-bond donors (Lipinski definition) is 6. The average Bonchev–Trinajstić information content (AvgIpc) is 3.06. The van der Waals surface area contributed by atoms with Gasteiger partial charge in [-0.15, -0.1) is 0 Å². The van der Waals surface area contributed by atoms with Crippen molar-refractivity contribution in [2.75, 3.05) is 74.9 Å². The zero-order valence-corrected chi connectivity index (χ0v) is 28.9. The van der Waals surface area contributed by atoms with Crippen LogP contribution in [0.2, 0.25) is 0 Å². The quantitative estimate of drug-likeness (QED) is 0.120. The van der Waals surface area contributed by atoms with Gasteiger partial charge in [-0.1, -0.05) is 24.3 Å². The number of ether oxygens (including phenoxy) is 2. The Bertz CT molecular complexity index is 2040. The fourth-order valence-electron chi connectivity index (χ4n) is 4.89. The van der Waals surface area contributed by atoms with E-state index in [2.05, 4.69) is 40.9 Å². The molecule has 0 amide bonds. The summed E-state index contributed by atoms with van der Waals surface area (Å²) in [6, 6.07) is 8.20. The monoisotopic (exact) mass is 731 g/mol. The highest BCUT2D eigenvalue weighted by atomic mass is 32.2. The van der Waals surface area contributed by atoms with E-state index in [1.165, 1.54) is 36.4 Å². The molecule has 2 aromatic carbocycles. The molecule has 7 N–H and O–H groups in total. The third-order valence-corrected chi connectivity index (χ3v) is 9.15. The molecule has 0 saturated carbocycles. The normalized spacial score (nSPS) is 16.8. The molecule has 1 atom stereocenters. The molecule has 3 aromatic rings. The number of nitrogens with one attached hydrogen (secondary N) is 3. The summed E-state index contributed by atoms with van der Waals surface area (Å²) in [7, 11) is -6.12. The summed E-state index contributed by atoms with van der Waals surface area (Å²) in [5.74, 6) is 1.11. The van der Waals surface area contributed by atoms with Crippen LogP contribution in [-0.2, 0) is 29.7 Å². The van der Waals surface area contributed by atoms with E-state index in [1.807, 2.05) is 16.8 Å². The van der Waals surface area contributed by atoms with Gasteiger partial charge in [0.2, 0.25) is 29.8 Å². The molecule has 3 heterocycles. The molecule has 2 aliphatic heterocycles. The highest BCUT2D eigenvalue weighted by Gasteiger charge is 2.21. The molecule has 21 heteroatoms. The average molecular weight is 732 g/mol. The molecule has 0 aliphatic carbocycles. The predicted octanol–water partition coefficient (Wildman–Crippen LogP) is 1.35. The number of aliphatic imine (C=N–C) groups is 2. The molecule has 0 bridgehead atoms. The third kappa shape index (κ3) is 9.40. The van der Waals surface area contributed by atoms with Crippen LogP contribution in [0, 0.1) is 0 Å². The van der Waals surface area contributed by atoms with Gasteiger partial charge in [-0.2, -0.15) is 31.8 Å². The second-order valence-electron chi connectivity index (χ2n) is 11.1. The Balaban J connectivity index is 1.38. The number of guanidine groups is 2. The van der Waals surface area contributed by atoms with E-state index in [0.717, 1.165) is 6.07 Å². The lowest BCUT2D eigenvalue weighted by Crippen LogP contribution is -2.48. The van der Waals surface area contributed by atoms with E-state index in [0.29, 0.717) is 57.3 Å². The molecule has 268 valence electrons. The topological polar surface area (TPSA) is 259 Å². The molecule has 2 aliphatic rings. The van der Waals surface area contributed by atoms with Crippen LogP contribution in [0.5, 0.6) is 0 Å². The molecule has 50 heavy (non-hydrogen) atoms. The van der Waals surface area contributed by atoms with Crippen molar-refractivity contribution in [3.8, 4) is 0 Å². The van der Waals surface area contributed by atoms with Crippen molar-refractivity contribution in [3.05, 3.63) is 47.5 Å². The number of likely N-dealkylation sites (N-methyl/N-ethyl adjacent to an activating group) is 1. The summed E-state index contributed by atoms with van der Waals surface area (Å²) in [4.78, 5) is 24.2. The van der Waals surface area contributed by atoms with Crippen molar-refractivity contribution in [1.82, 2.24) is 25.2 Å². The van der Waals surface area contributed by atoms with Gasteiger partial charge in [-0.25, -0.2) is 9.98 Å². The molecule has 5 rings (SSSR count). The summed E-state index contributed by atoms with van der Waals surface area (Å²) in [6.07, 6.45) is 2.14. The molecule has 19 nitrogen and oxygen atoms in total. The number of morpholine rings is 1. The van der Waals surface area contributed by atoms with Gasteiger partial charge in [-0.05, 0) is 42.3 Å². The van der Waals surface area contributed by atoms with E-state index < -0.39 is 36.2 Å². The fourth-order valence-corrected chi connectivity index (χ4v) is 6.31. The zero-order valence-electron chi connectivity index (χ0n) is 27.3. The van der Waals surface area contributed by atoms with Gasteiger partial charge in [-0.3, -0.25) is 14.4 Å². The van der Waals surface area contributed by atoms with Gasteiger partial charge in [0.05, 0.1) is 19.8 Å². The number of hydrogen-bond acceptors (Lipinski definition) is 17. The molecule has 1 unspecified atom stereocenters. The van der Waals surface area contributed by atoms with Crippen molar-refractivity contribution < 1.29 is 35.4 Å². The molecule has 1 fully saturated rings. The summed E-state index contributed by atoms with van der Waals surface area (Å²) < 4.78 is 80.3. The summed E-state index contributed by atoms with van der Waals surface area (Å²) in [5, 5.41) is 8.92. The van der Waals surface area contributed by atoms with Crippen LogP contribution in [0.25, 0.3) is 12.2 Å². The highest BCUT2D eigenvalue weighted by molar-refractivity contribution is 7.86. The largest absolute Gasteiger partial charge is 0.383 e. The molecular formula is C29H37N11O8S2. The first kappa shape index (κ1) is 36.4. The van der Waals surface area contributed by atoms with Crippen LogP contribution in [0.1, 0.15) is 18.1 Å². The molecule has 0 spiro atoms. The van der Waals surface area contributed by atoms with E-state index in [4.69, 9.17) is 15.2 Å². The minimum atomic E-state index is -4.78. The van der Waals surface area contributed by atoms with Crippen LogP contribution in [0.3, 0.4) is 0 Å². The van der Waals surface area contributed by atoms with E-state index in [-0.39, 0.29) is 34.4 Å². The van der Waals surface area contributed by atoms with E-state index in [9.17, 15) is 25.9 Å². The first-order valence-electron chi connectivity index (χ1n) is 15.1. The smallest absolute Gasteiger partial charge is 0.295 e. The Morgan fingerprint density at radius 1 is 0.980 bits per heavy atom. The Labute approximate surface area is 288 Å². The second-order valence-corrected chi connectivity index (χ2v) is 13.8. The van der Waals surface area contributed by atoms with Crippen molar-refractivity contribution in [2.24, 2.45) is 9.98 Å². The van der Waals surface area contributed by atoms with Gasteiger partial charge in [0.15, 0.2) is 0 Å². The SMILES string of the molecule is COCCN(C)C1=NC(C)N=C(Nc2ccc(/C=C/c3ccc(Nc4nc(N)nc(N5CCOCC5)n4)cc3S(=O)(=O)O)c(S(=O)(=O)O)c2)N1. The third-order valence-electron chi connectivity index (χ3n) is 7.33.